The van der Waals surface area contributed by atoms with Crippen LogP contribution in [-0.4, -0.2) is 41.1 Å². The van der Waals surface area contributed by atoms with Crippen molar-refractivity contribution in [3.05, 3.63) is 24.2 Å². The van der Waals surface area contributed by atoms with E-state index in [-0.39, 0.29) is 24.0 Å². The number of nitrogens with zero attached hydrogens (tertiary/aromatic N) is 1. The van der Waals surface area contributed by atoms with Crippen LogP contribution in [0.4, 0.5) is 0 Å². The molecule has 5 heteroatoms. The number of carbonyl (C=O) groups is 1. The molecule has 1 fully saturated rings. The zero-order valence-corrected chi connectivity index (χ0v) is 11.5. The van der Waals surface area contributed by atoms with Crippen molar-refractivity contribution in [3.63, 3.8) is 0 Å². The van der Waals surface area contributed by atoms with E-state index in [2.05, 4.69) is 10.2 Å². The number of carbonyl (C=O) groups excluding carboxylic acids is 1. The van der Waals surface area contributed by atoms with E-state index in [0.717, 1.165) is 25.3 Å². The lowest BCUT2D eigenvalue weighted by Crippen LogP contribution is -2.51. The second kappa shape index (κ2) is 6.21. The molecule has 0 saturated carbocycles. The fraction of sp³-hybridized carbons (Fsp3) is 0.643. The molecule has 1 saturated heterocycles. The molecule has 2 heterocycles. The van der Waals surface area contributed by atoms with Gasteiger partial charge in [0.25, 0.3) is 0 Å². The Hall–Kier alpha value is -1.33. The maximum Gasteiger partial charge on any atom is 0.237 e. The molecule has 0 bridgehead atoms. The summed E-state index contributed by atoms with van der Waals surface area (Å²) < 4.78 is 5.18. The van der Waals surface area contributed by atoms with Crippen molar-refractivity contribution in [2.45, 2.75) is 39.0 Å². The molecular formula is C14H22N2O3. The van der Waals surface area contributed by atoms with Crippen molar-refractivity contribution >= 4 is 5.91 Å². The van der Waals surface area contributed by atoms with Gasteiger partial charge in [0.2, 0.25) is 5.91 Å². The first-order valence-corrected chi connectivity index (χ1v) is 6.80. The van der Waals surface area contributed by atoms with Gasteiger partial charge < -0.3 is 14.8 Å². The number of amides is 1. The average molecular weight is 266 g/mol. The summed E-state index contributed by atoms with van der Waals surface area (Å²) in [5.74, 6) is 0.969. The molecule has 1 aliphatic rings. The molecule has 1 aromatic rings. The van der Waals surface area contributed by atoms with Crippen molar-refractivity contribution in [2.24, 2.45) is 5.92 Å². The lowest BCUT2D eigenvalue weighted by atomic mass is 9.95. The van der Waals surface area contributed by atoms with Gasteiger partial charge in [-0.2, -0.15) is 0 Å². The zero-order chi connectivity index (χ0) is 13.8. The summed E-state index contributed by atoms with van der Waals surface area (Å²) in [6, 6.07) is 3.47. The molecule has 19 heavy (non-hydrogen) atoms. The fourth-order valence-electron chi connectivity index (χ4n) is 2.42. The Morgan fingerprint density at radius 1 is 1.68 bits per heavy atom. The Morgan fingerprint density at radius 2 is 2.47 bits per heavy atom. The molecule has 2 N–H and O–H groups in total. The van der Waals surface area contributed by atoms with Gasteiger partial charge in [-0.05, 0) is 31.4 Å². The highest BCUT2D eigenvalue weighted by Gasteiger charge is 2.29. The minimum absolute atomic E-state index is 0.00000945. The Morgan fingerprint density at radius 3 is 3.11 bits per heavy atom. The first-order chi connectivity index (χ1) is 9.08. The third-order valence-electron chi connectivity index (χ3n) is 3.84. The van der Waals surface area contributed by atoms with Gasteiger partial charge in [0, 0.05) is 13.1 Å². The highest BCUT2D eigenvalue weighted by atomic mass is 16.3. The van der Waals surface area contributed by atoms with Gasteiger partial charge in [0.05, 0.1) is 25.0 Å². The molecule has 5 nitrogen and oxygen atoms in total. The number of aliphatic hydroxyl groups is 1. The maximum absolute atomic E-state index is 12.1. The van der Waals surface area contributed by atoms with E-state index in [9.17, 15) is 9.90 Å². The van der Waals surface area contributed by atoms with Crippen LogP contribution in [0.2, 0.25) is 0 Å². The standard InChI is InChI=1S/C14H22N2O3/c1-10-9-16(6-5-13(10)17)11(2)14(18)15-8-12-4-3-7-19-12/h3-4,7,10-11,13,17H,5-6,8-9H2,1-2H3,(H,15,18). The summed E-state index contributed by atoms with van der Waals surface area (Å²) in [6.45, 7) is 5.87. The number of likely N-dealkylation sites (tertiary alicyclic amines) is 1. The fourth-order valence-corrected chi connectivity index (χ4v) is 2.42. The van der Waals surface area contributed by atoms with Crippen molar-refractivity contribution in [1.82, 2.24) is 10.2 Å². The van der Waals surface area contributed by atoms with E-state index in [4.69, 9.17) is 4.42 Å². The van der Waals surface area contributed by atoms with Gasteiger partial charge in [-0.3, -0.25) is 9.69 Å². The SMILES string of the molecule is CC1CN(C(C)C(=O)NCc2ccco2)CCC1O. The van der Waals surface area contributed by atoms with Crippen LogP contribution in [0, 0.1) is 5.92 Å². The summed E-state index contributed by atoms with van der Waals surface area (Å²) in [7, 11) is 0. The highest BCUT2D eigenvalue weighted by Crippen LogP contribution is 2.18. The molecule has 3 unspecified atom stereocenters. The minimum atomic E-state index is -0.241. The lowest BCUT2D eigenvalue weighted by molar-refractivity contribution is -0.127. The third kappa shape index (κ3) is 3.58. The van der Waals surface area contributed by atoms with Crippen molar-refractivity contribution in [2.75, 3.05) is 13.1 Å². The zero-order valence-electron chi connectivity index (χ0n) is 11.5. The largest absolute Gasteiger partial charge is 0.467 e. The van der Waals surface area contributed by atoms with Crippen LogP contribution in [-0.2, 0) is 11.3 Å². The molecular weight excluding hydrogens is 244 g/mol. The molecule has 2 rings (SSSR count). The molecule has 106 valence electrons. The Balaban J connectivity index is 1.81. The minimum Gasteiger partial charge on any atom is -0.467 e. The number of furan rings is 1. The predicted octanol–water partition coefficient (Wildman–Crippen LogP) is 0.987. The number of hydrogen-bond donors (Lipinski definition) is 2. The number of aliphatic hydroxyl groups excluding tert-OH is 1. The van der Waals surface area contributed by atoms with Crippen LogP contribution >= 0.6 is 0 Å². The van der Waals surface area contributed by atoms with Crippen LogP contribution in [0.1, 0.15) is 26.0 Å². The topological polar surface area (TPSA) is 65.7 Å². The Labute approximate surface area is 113 Å². The normalized spacial score (nSPS) is 26.1. The van der Waals surface area contributed by atoms with Crippen LogP contribution in [0.3, 0.4) is 0 Å². The van der Waals surface area contributed by atoms with E-state index in [1.54, 1.807) is 12.3 Å². The van der Waals surface area contributed by atoms with Crippen molar-refractivity contribution < 1.29 is 14.3 Å². The molecule has 0 aromatic carbocycles. The van der Waals surface area contributed by atoms with Gasteiger partial charge in [-0.15, -0.1) is 0 Å². The van der Waals surface area contributed by atoms with E-state index in [1.807, 2.05) is 19.9 Å². The monoisotopic (exact) mass is 266 g/mol. The van der Waals surface area contributed by atoms with Crippen LogP contribution < -0.4 is 5.32 Å². The predicted molar refractivity (Wildman–Crippen MR) is 71.4 cm³/mol. The molecule has 0 radical (unpaired) electrons. The van der Waals surface area contributed by atoms with Gasteiger partial charge in [-0.1, -0.05) is 6.92 Å². The van der Waals surface area contributed by atoms with Crippen molar-refractivity contribution in [1.29, 1.82) is 0 Å². The summed E-state index contributed by atoms with van der Waals surface area (Å²) in [5.41, 5.74) is 0. The van der Waals surface area contributed by atoms with Crippen LogP contribution in [0.15, 0.2) is 22.8 Å². The lowest BCUT2D eigenvalue weighted by Gasteiger charge is -2.37. The first kappa shape index (κ1) is 14.1. The Kier molecular flexibility index (Phi) is 4.61. The summed E-state index contributed by atoms with van der Waals surface area (Å²) in [6.07, 6.45) is 2.09. The smallest absolute Gasteiger partial charge is 0.237 e. The number of rotatable bonds is 4. The highest BCUT2D eigenvalue weighted by molar-refractivity contribution is 5.81. The number of hydrogen-bond acceptors (Lipinski definition) is 4. The quantitative estimate of drug-likeness (QED) is 0.853. The Bertz CT molecular complexity index is 405. The third-order valence-corrected chi connectivity index (χ3v) is 3.84. The van der Waals surface area contributed by atoms with Gasteiger partial charge in [0.1, 0.15) is 5.76 Å². The number of piperidine rings is 1. The molecule has 1 amide bonds. The van der Waals surface area contributed by atoms with E-state index < -0.39 is 0 Å². The number of nitrogens with one attached hydrogen (secondary N) is 1. The van der Waals surface area contributed by atoms with Gasteiger partial charge >= 0.3 is 0 Å². The van der Waals surface area contributed by atoms with E-state index in [1.165, 1.54) is 0 Å². The molecule has 3 atom stereocenters. The second-order valence-corrected chi connectivity index (χ2v) is 5.30. The van der Waals surface area contributed by atoms with E-state index in [0.29, 0.717) is 6.54 Å². The van der Waals surface area contributed by atoms with Crippen LogP contribution in [0.25, 0.3) is 0 Å². The van der Waals surface area contributed by atoms with Crippen molar-refractivity contribution in [3.8, 4) is 0 Å². The summed E-state index contributed by atoms with van der Waals surface area (Å²) in [4.78, 5) is 14.2. The average Bonchev–Trinajstić information content (AvgIpc) is 2.91. The van der Waals surface area contributed by atoms with E-state index >= 15 is 0 Å². The van der Waals surface area contributed by atoms with Gasteiger partial charge in [-0.25, -0.2) is 0 Å². The molecule has 1 aliphatic heterocycles. The summed E-state index contributed by atoms with van der Waals surface area (Å²) >= 11 is 0. The second-order valence-electron chi connectivity index (χ2n) is 5.30. The van der Waals surface area contributed by atoms with Crippen LogP contribution in [0.5, 0.6) is 0 Å². The maximum atomic E-state index is 12.1. The van der Waals surface area contributed by atoms with Gasteiger partial charge in [0.15, 0.2) is 0 Å². The first-order valence-electron chi connectivity index (χ1n) is 6.80. The molecule has 0 spiro atoms. The molecule has 0 aliphatic carbocycles. The summed E-state index contributed by atoms with van der Waals surface area (Å²) in [5, 5.41) is 12.6. The molecule has 1 aromatic heterocycles.